The van der Waals surface area contributed by atoms with Crippen LogP contribution in [0.4, 0.5) is 5.13 Å². The molecule has 1 atom stereocenters. The SMILES string of the molecule is O=S([O-])c1ccc2nc(NC3CC3)sc2c1. The lowest BCUT2D eigenvalue weighted by molar-refractivity contribution is 0.537. The fourth-order valence-corrected chi connectivity index (χ4v) is 2.92. The van der Waals surface area contributed by atoms with Crippen LogP contribution in [0.3, 0.4) is 0 Å². The second kappa shape index (κ2) is 3.80. The molecule has 4 nitrogen and oxygen atoms in total. The lowest BCUT2D eigenvalue weighted by Gasteiger charge is -2.02. The number of nitrogens with one attached hydrogen (secondary N) is 1. The Bertz CT molecular complexity index is 563. The maximum absolute atomic E-state index is 10.8. The Morgan fingerprint density at radius 1 is 1.50 bits per heavy atom. The van der Waals surface area contributed by atoms with E-state index in [1.54, 1.807) is 18.2 Å². The van der Waals surface area contributed by atoms with Crippen molar-refractivity contribution >= 4 is 37.8 Å². The number of fused-ring (bicyclic) bond motifs is 1. The third-order valence-electron chi connectivity index (χ3n) is 2.46. The summed E-state index contributed by atoms with van der Waals surface area (Å²) in [5.41, 5.74) is 0.849. The molecule has 16 heavy (non-hydrogen) atoms. The molecule has 1 fully saturated rings. The van der Waals surface area contributed by atoms with Gasteiger partial charge in [0.05, 0.1) is 10.2 Å². The normalized spacial score (nSPS) is 17.6. The van der Waals surface area contributed by atoms with Crippen molar-refractivity contribution in [1.82, 2.24) is 4.98 Å². The minimum Gasteiger partial charge on any atom is -0.768 e. The Balaban J connectivity index is 1.99. The monoisotopic (exact) mass is 253 g/mol. The summed E-state index contributed by atoms with van der Waals surface area (Å²) in [6, 6.07) is 5.55. The first-order valence-corrected chi connectivity index (χ1v) is 6.88. The van der Waals surface area contributed by atoms with Crippen LogP contribution in [0.15, 0.2) is 23.1 Å². The average Bonchev–Trinajstić information content (AvgIpc) is 2.96. The molecule has 1 aromatic heterocycles. The van der Waals surface area contributed by atoms with Crippen LogP contribution in [0, 0.1) is 0 Å². The van der Waals surface area contributed by atoms with Crippen LogP contribution in [0.25, 0.3) is 10.2 Å². The van der Waals surface area contributed by atoms with E-state index in [1.165, 1.54) is 24.2 Å². The zero-order chi connectivity index (χ0) is 11.1. The van der Waals surface area contributed by atoms with Gasteiger partial charge < -0.3 is 9.87 Å². The molecule has 0 bridgehead atoms. The first-order valence-electron chi connectivity index (χ1n) is 4.99. The van der Waals surface area contributed by atoms with Gasteiger partial charge >= 0.3 is 0 Å². The van der Waals surface area contributed by atoms with E-state index in [4.69, 9.17) is 0 Å². The molecule has 1 saturated carbocycles. The standard InChI is InChI=1S/C10H10N2O2S2/c13-16(14)7-3-4-8-9(5-7)15-10(12-8)11-6-1-2-6/h3-6H,1-2H2,(H,11,12)(H,13,14)/p-1. The third-order valence-corrected chi connectivity index (χ3v) is 4.05. The third kappa shape index (κ3) is 1.95. The van der Waals surface area contributed by atoms with Crippen molar-refractivity contribution in [3.8, 4) is 0 Å². The van der Waals surface area contributed by atoms with E-state index < -0.39 is 11.1 Å². The summed E-state index contributed by atoms with van der Waals surface area (Å²) < 4.78 is 22.5. The van der Waals surface area contributed by atoms with Crippen LogP contribution >= 0.6 is 11.3 Å². The van der Waals surface area contributed by atoms with Crippen molar-refractivity contribution in [3.63, 3.8) is 0 Å². The zero-order valence-corrected chi connectivity index (χ0v) is 9.94. The van der Waals surface area contributed by atoms with Gasteiger partial charge in [-0.25, -0.2) is 4.98 Å². The van der Waals surface area contributed by atoms with Gasteiger partial charge in [-0.2, -0.15) is 0 Å². The molecular weight excluding hydrogens is 244 g/mol. The van der Waals surface area contributed by atoms with Gasteiger partial charge in [0, 0.05) is 10.9 Å². The van der Waals surface area contributed by atoms with E-state index in [1.807, 2.05) is 0 Å². The molecule has 0 radical (unpaired) electrons. The molecule has 1 aliphatic carbocycles. The summed E-state index contributed by atoms with van der Waals surface area (Å²) in [6.07, 6.45) is 2.40. The van der Waals surface area contributed by atoms with Gasteiger partial charge in [0.1, 0.15) is 0 Å². The summed E-state index contributed by atoms with van der Waals surface area (Å²) in [6.45, 7) is 0. The largest absolute Gasteiger partial charge is 0.768 e. The van der Waals surface area contributed by atoms with Crippen molar-refractivity contribution in [2.24, 2.45) is 0 Å². The first-order chi connectivity index (χ1) is 7.72. The zero-order valence-electron chi connectivity index (χ0n) is 8.30. The summed E-state index contributed by atoms with van der Waals surface area (Å²) in [4.78, 5) is 4.71. The lowest BCUT2D eigenvalue weighted by atomic mass is 10.3. The molecule has 0 spiro atoms. The molecule has 6 heteroatoms. The fourth-order valence-electron chi connectivity index (χ4n) is 1.47. The molecular formula is C10H9N2O2S2-. The number of rotatable bonds is 3. The summed E-state index contributed by atoms with van der Waals surface area (Å²) in [5, 5.41) is 4.19. The van der Waals surface area contributed by atoms with Crippen LogP contribution in [0.2, 0.25) is 0 Å². The van der Waals surface area contributed by atoms with Gasteiger partial charge in [-0.05, 0) is 42.1 Å². The number of anilines is 1. The van der Waals surface area contributed by atoms with Crippen LogP contribution in [-0.4, -0.2) is 19.8 Å². The minimum absolute atomic E-state index is 0.314. The molecule has 1 aromatic carbocycles. The van der Waals surface area contributed by atoms with Gasteiger partial charge in [-0.1, -0.05) is 11.3 Å². The predicted octanol–water partition coefficient (Wildman–Crippen LogP) is 2.11. The number of nitrogens with zero attached hydrogens (tertiary/aromatic N) is 1. The van der Waals surface area contributed by atoms with E-state index in [0.717, 1.165) is 15.3 Å². The van der Waals surface area contributed by atoms with Crippen molar-refractivity contribution in [1.29, 1.82) is 0 Å². The molecule has 1 heterocycles. The van der Waals surface area contributed by atoms with Gasteiger partial charge in [0.2, 0.25) is 0 Å². The van der Waals surface area contributed by atoms with Gasteiger partial charge in [0.15, 0.2) is 5.13 Å². The van der Waals surface area contributed by atoms with Crippen LogP contribution in [0.1, 0.15) is 12.8 Å². The van der Waals surface area contributed by atoms with Crippen molar-refractivity contribution in [2.75, 3.05) is 5.32 Å². The average molecular weight is 253 g/mol. The molecule has 1 unspecified atom stereocenters. The van der Waals surface area contributed by atoms with E-state index in [-0.39, 0.29) is 0 Å². The van der Waals surface area contributed by atoms with Crippen molar-refractivity contribution in [2.45, 2.75) is 23.8 Å². The Morgan fingerprint density at radius 3 is 3.00 bits per heavy atom. The molecule has 0 amide bonds. The van der Waals surface area contributed by atoms with Gasteiger partial charge in [0.25, 0.3) is 0 Å². The van der Waals surface area contributed by atoms with Crippen molar-refractivity contribution < 1.29 is 8.76 Å². The maximum atomic E-state index is 10.8. The Hall–Kier alpha value is -0.980. The molecule has 2 aromatic rings. The number of benzene rings is 1. The molecule has 1 N–H and O–H groups in total. The molecule has 3 rings (SSSR count). The minimum atomic E-state index is -2.17. The van der Waals surface area contributed by atoms with Crippen LogP contribution in [-0.2, 0) is 11.1 Å². The highest BCUT2D eigenvalue weighted by molar-refractivity contribution is 7.79. The highest BCUT2D eigenvalue weighted by Crippen LogP contribution is 2.31. The quantitative estimate of drug-likeness (QED) is 0.851. The molecule has 0 aliphatic heterocycles. The number of hydrogen-bond donors (Lipinski definition) is 1. The highest BCUT2D eigenvalue weighted by atomic mass is 32.2. The summed E-state index contributed by atoms with van der Waals surface area (Å²) in [5.74, 6) is 0. The van der Waals surface area contributed by atoms with Crippen LogP contribution < -0.4 is 5.32 Å². The Labute approximate surface area is 99.0 Å². The molecule has 0 saturated heterocycles. The number of hydrogen-bond acceptors (Lipinski definition) is 5. The van der Waals surface area contributed by atoms with E-state index in [0.29, 0.717) is 10.9 Å². The molecule has 1 aliphatic rings. The van der Waals surface area contributed by atoms with E-state index in [2.05, 4.69) is 10.3 Å². The van der Waals surface area contributed by atoms with Gasteiger partial charge in [-0.15, -0.1) is 0 Å². The number of thiazole rings is 1. The predicted molar refractivity (Wildman–Crippen MR) is 63.5 cm³/mol. The smallest absolute Gasteiger partial charge is 0.184 e. The molecule has 84 valence electrons. The Kier molecular flexibility index (Phi) is 2.42. The Morgan fingerprint density at radius 2 is 2.31 bits per heavy atom. The lowest BCUT2D eigenvalue weighted by Crippen LogP contribution is -1.99. The topological polar surface area (TPSA) is 65.0 Å². The van der Waals surface area contributed by atoms with Crippen LogP contribution in [0.5, 0.6) is 0 Å². The van der Waals surface area contributed by atoms with Gasteiger partial charge in [-0.3, -0.25) is 4.21 Å². The highest BCUT2D eigenvalue weighted by Gasteiger charge is 2.22. The summed E-state index contributed by atoms with van der Waals surface area (Å²) in [7, 11) is 0. The maximum Gasteiger partial charge on any atom is 0.184 e. The van der Waals surface area contributed by atoms with E-state index in [9.17, 15) is 8.76 Å². The second-order valence-electron chi connectivity index (χ2n) is 3.80. The van der Waals surface area contributed by atoms with Crippen molar-refractivity contribution in [3.05, 3.63) is 18.2 Å². The van der Waals surface area contributed by atoms with E-state index >= 15 is 0 Å². The summed E-state index contributed by atoms with van der Waals surface area (Å²) >= 11 is -0.664. The number of aromatic nitrogens is 1. The second-order valence-corrected chi connectivity index (χ2v) is 5.77. The first kappa shape index (κ1) is 10.2. The fraction of sp³-hybridized carbons (Fsp3) is 0.300.